The first-order chi connectivity index (χ1) is 7.41. The zero-order chi connectivity index (χ0) is 12.3. The maximum absolute atomic E-state index is 10.5. The molecule has 1 N–H and O–H groups in total. The summed E-state index contributed by atoms with van der Waals surface area (Å²) < 4.78 is 0. The van der Waals surface area contributed by atoms with E-state index in [9.17, 15) is 4.79 Å². The molecule has 88 valence electrons. The van der Waals surface area contributed by atoms with E-state index in [1.807, 2.05) is 11.9 Å². The number of carboxylic acids is 1. The van der Waals surface area contributed by atoms with E-state index in [0.717, 1.165) is 5.69 Å². The number of carboxylic acid groups (broad SMARTS) is 1. The summed E-state index contributed by atoms with van der Waals surface area (Å²) >= 11 is 0. The minimum absolute atomic E-state index is 0.170. The van der Waals surface area contributed by atoms with E-state index < -0.39 is 5.97 Å². The first-order valence-corrected chi connectivity index (χ1v) is 5.42. The highest BCUT2D eigenvalue weighted by atomic mass is 16.4. The van der Waals surface area contributed by atoms with E-state index in [-0.39, 0.29) is 6.42 Å². The standard InChI is InChI=1S/C13H19NO2/c1-9-7-10(2)13(11(3)8-9)14(4)6-5-12(15)16/h7-8H,5-6H2,1-4H3,(H,15,16). The second kappa shape index (κ2) is 5.01. The van der Waals surface area contributed by atoms with Crippen molar-refractivity contribution in [2.45, 2.75) is 27.2 Å². The van der Waals surface area contributed by atoms with Gasteiger partial charge in [0.1, 0.15) is 0 Å². The normalized spacial score (nSPS) is 10.2. The molecular weight excluding hydrogens is 202 g/mol. The third-order valence-electron chi connectivity index (χ3n) is 2.68. The molecule has 0 aliphatic heterocycles. The Morgan fingerprint density at radius 2 is 1.75 bits per heavy atom. The van der Waals surface area contributed by atoms with Crippen LogP contribution in [0.4, 0.5) is 5.69 Å². The summed E-state index contributed by atoms with van der Waals surface area (Å²) in [5, 5.41) is 8.67. The lowest BCUT2D eigenvalue weighted by atomic mass is 10.0. The third-order valence-corrected chi connectivity index (χ3v) is 2.68. The molecule has 0 saturated heterocycles. The monoisotopic (exact) mass is 221 g/mol. The molecule has 0 heterocycles. The van der Waals surface area contributed by atoms with Crippen LogP contribution < -0.4 is 4.90 Å². The van der Waals surface area contributed by atoms with Gasteiger partial charge in [-0.25, -0.2) is 0 Å². The molecule has 0 amide bonds. The fourth-order valence-corrected chi connectivity index (χ4v) is 2.15. The average molecular weight is 221 g/mol. The number of nitrogens with zero attached hydrogens (tertiary/aromatic N) is 1. The maximum Gasteiger partial charge on any atom is 0.305 e. The summed E-state index contributed by atoms with van der Waals surface area (Å²) in [6.45, 7) is 6.74. The Labute approximate surface area is 96.7 Å². The zero-order valence-corrected chi connectivity index (χ0v) is 10.4. The van der Waals surface area contributed by atoms with Gasteiger partial charge in [-0.1, -0.05) is 17.7 Å². The molecule has 1 aromatic carbocycles. The highest BCUT2D eigenvalue weighted by Gasteiger charge is 2.09. The Hall–Kier alpha value is -1.51. The molecule has 0 aliphatic carbocycles. The summed E-state index contributed by atoms with van der Waals surface area (Å²) in [6, 6.07) is 4.25. The second-order valence-corrected chi connectivity index (χ2v) is 4.31. The lowest BCUT2D eigenvalue weighted by Gasteiger charge is -2.23. The largest absolute Gasteiger partial charge is 0.481 e. The minimum Gasteiger partial charge on any atom is -0.481 e. The summed E-state index contributed by atoms with van der Waals surface area (Å²) in [5.41, 5.74) is 4.79. The van der Waals surface area contributed by atoms with Crippen molar-refractivity contribution in [3.8, 4) is 0 Å². The molecule has 0 aliphatic rings. The molecule has 0 radical (unpaired) electrons. The van der Waals surface area contributed by atoms with Crippen molar-refractivity contribution in [2.75, 3.05) is 18.5 Å². The summed E-state index contributed by atoms with van der Waals surface area (Å²) in [5.74, 6) is -0.755. The van der Waals surface area contributed by atoms with Gasteiger partial charge in [-0.05, 0) is 31.9 Å². The van der Waals surface area contributed by atoms with Gasteiger partial charge in [0.05, 0.1) is 6.42 Å². The molecule has 0 spiro atoms. The van der Waals surface area contributed by atoms with Gasteiger partial charge in [0.2, 0.25) is 0 Å². The number of hydrogen-bond acceptors (Lipinski definition) is 2. The van der Waals surface area contributed by atoms with Crippen LogP contribution in [0.25, 0.3) is 0 Å². The van der Waals surface area contributed by atoms with Crippen LogP contribution in [0.1, 0.15) is 23.1 Å². The van der Waals surface area contributed by atoms with Gasteiger partial charge in [0.15, 0.2) is 0 Å². The molecular formula is C13H19NO2. The molecule has 0 fully saturated rings. The van der Waals surface area contributed by atoms with E-state index in [1.54, 1.807) is 0 Å². The number of rotatable bonds is 4. The van der Waals surface area contributed by atoms with Crippen LogP contribution in [-0.4, -0.2) is 24.7 Å². The topological polar surface area (TPSA) is 40.5 Å². The number of benzene rings is 1. The molecule has 0 atom stereocenters. The molecule has 3 nitrogen and oxygen atoms in total. The molecule has 0 unspecified atom stereocenters. The first-order valence-electron chi connectivity index (χ1n) is 5.42. The Kier molecular flexibility index (Phi) is 3.93. The van der Waals surface area contributed by atoms with Crippen LogP contribution in [0.5, 0.6) is 0 Å². The van der Waals surface area contributed by atoms with E-state index in [0.29, 0.717) is 6.54 Å². The molecule has 0 saturated carbocycles. The summed E-state index contributed by atoms with van der Waals surface area (Å²) in [4.78, 5) is 12.5. The van der Waals surface area contributed by atoms with Crippen molar-refractivity contribution >= 4 is 11.7 Å². The van der Waals surface area contributed by atoms with Crippen molar-refractivity contribution in [1.29, 1.82) is 0 Å². The predicted octanol–water partition coefficient (Wildman–Crippen LogP) is 2.52. The van der Waals surface area contributed by atoms with Gasteiger partial charge in [-0.2, -0.15) is 0 Å². The van der Waals surface area contributed by atoms with Gasteiger partial charge in [0.25, 0.3) is 0 Å². The lowest BCUT2D eigenvalue weighted by Crippen LogP contribution is -2.22. The van der Waals surface area contributed by atoms with Crippen LogP contribution >= 0.6 is 0 Å². The minimum atomic E-state index is -0.755. The van der Waals surface area contributed by atoms with Crippen LogP contribution in [0, 0.1) is 20.8 Å². The number of aryl methyl sites for hydroxylation is 3. The summed E-state index contributed by atoms with van der Waals surface area (Å²) in [6.07, 6.45) is 0.170. The van der Waals surface area contributed by atoms with E-state index in [1.165, 1.54) is 16.7 Å². The second-order valence-electron chi connectivity index (χ2n) is 4.31. The smallest absolute Gasteiger partial charge is 0.305 e. The van der Waals surface area contributed by atoms with Crippen molar-refractivity contribution < 1.29 is 9.90 Å². The van der Waals surface area contributed by atoms with Gasteiger partial charge in [0, 0.05) is 19.3 Å². The quantitative estimate of drug-likeness (QED) is 0.849. The zero-order valence-electron chi connectivity index (χ0n) is 10.4. The molecule has 0 bridgehead atoms. The van der Waals surface area contributed by atoms with Crippen molar-refractivity contribution in [3.63, 3.8) is 0 Å². The molecule has 16 heavy (non-hydrogen) atoms. The van der Waals surface area contributed by atoms with Crippen LogP contribution in [0.15, 0.2) is 12.1 Å². The molecule has 1 aromatic rings. The fourth-order valence-electron chi connectivity index (χ4n) is 2.15. The van der Waals surface area contributed by atoms with Gasteiger partial charge in [-0.3, -0.25) is 4.79 Å². The van der Waals surface area contributed by atoms with Crippen molar-refractivity contribution in [3.05, 3.63) is 28.8 Å². The SMILES string of the molecule is Cc1cc(C)c(N(C)CCC(=O)O)c(C)c1. The van der Waals surface area contributed by atoms with E-state index in [4.69, 9.17) is 5.11 Å². The average Bonchev–Trinajstić information content (AvgIpc) is 2.12. The van der Waals surface area contributed by atoms with E-state index in [2.05, 4.69) is 32.9 Å². The van der Waals surface area contributed by atoms with Gasteiger partial charge < -0.3 is 10.0 Å². The Morgan fingerprint density at radius 1 is 1.25 bits per heavy atom. The summed E-state index contributed by atoms with van der Waals surface area (Å²) in [7, 11) is 1.94. The molecule has 1 rings (SSSR count). The van der Waals surface area contributed by atoms with Gasteiger partial charge >= 0.3 is 5.97 Å². The van der Waals surface area contributed by atoms with Crippen LogP contribution in [0.3, 0.4) is 0 Å². The Morgan fingerprint density at radius 3 is 2.19 bits per heavy atom. The first kappa shape index (κ1) is 12.6. The number of carbonyl (C=O) groups is 1. The van der Waals surface area contributed by atoms with Gasteiger partial charge in [-0.15, -0.1) is 0 Å². The van der Waals surface area contributed by atoms with E-state index >= 15 is 0 Å². The highest BCUT2D eigenvalue weighted by Crippen LogP contribution is 2.25. The third kappa shape index (κ3) is 2.99. The van der Waals surface area contributed by atoms with Crippen LogP contribution in [0.2, 0.25) is 0 Å². The highest BCUT2D eigenvalue weighted by molar-refractivity contribution is 5.68. The fraction of sp³-hybridized carbons (Fsp3) is 0.462. The van der Waals surface area contributed by atoms with Crippen LogP contribution in [-0.2, 0) is 4.79 Å². The molecule has 0 aromatic heterocycles. The Bertz CT molecular complexity index is 376. The number of hydrogen-bond donors (Lipinski definition) is 1. The van der Waals surface area contributed by atoms with Crippen molar-refractivity contribution in [2.24, 2.45) is 0 Å². The number of anilines is 1. The maximum atomic E-state index is 10.5. The predicted molar refractivity (Wildman–Crippen MR) is 66.2 cm³/mol. The Balaban J connectivity index is 2.90. The number of aliphatic carboxylic acids is 1. The van der Waals surface area contributed by atoms with Crippen molar-refractivity contribution in [1.82, 2.24) is 0 Å². The lowest BCUT2D eigenvalue weighted by molar-refractivity contribution is -0.136. The molecule has 3 heteroatoms.